The average Bonchev–Trinajstić information content (AvgIpc) is 3.05. The van der Waals surface area contributed by atoms with E-state index in [0.717, 1.165) is 23.7 Å². The number of aromatic carboxylic acids is 1. The topological polar surface area (TPSA) is 57.6 Å². The Morgan fingerprint density at radius 3 is 2.48 bits per heavy atom. The summed E-state index contributed by atoms with van der Waals surface area (Å²) in [6.45, 7) is 6.47. The molecule has 3 rings (SSSR count). The van der Waals surface area contributed by atoms with Crippen molar-refractivity contribution >= 4 is 17.6 Å². The van der Waals surface area contributed by atoms with Gasteiger partial charge in [0, 0.05) is 24.2 Å². The molecule has 0 saturated carbocycles. The van der Waals surface area contributed by atoms with Crippen LogP contribution in [0.2, 0.25) is 0 Å². The Labute approximate surface area is 146 Å². The molecule has 2 aromatic rings. The highest BCUT2D eigenvalue weighted by atomic mass is 19.1. The molecule has 0 atom stereocenters. The smallest absolute Gasteiger partial charge is 0.335 e. The van der Waals surface area contributed by atoms with E-state index < -0.39 is 11.8 Å². The van der Waals surface area contributed by atoms with Gasteiger partial charge >= 0.3 is 5.97 Å². The molecule has 2 aromatic carbocycles. The van der Waals surface area contributed by atoms with E-state index in [1.807, 2.05) is 32.9 Å². The lowest BCUT2D eigenvalue weighted by Gasteiger charge is -2.16. The zero-order chi connectivity index (χ0) is 18.6. The van der Waals surface area contributed by atoms with E-state index in [4.69, 9.17) is 5.11 Å². The van der Waals surface area contributed by atoms with Crippen LogP contribution in [0.5, 0.6) is 0 Å². The monoisotopic (exact) mass is 343 g/mol. The molecule has 1 amide bonds. The maximum Gasteiger partial charge on any atom is 0.335 e. The van der Waals surface area contributed by atoms with E-state index in [-0.39, 0.29) is 11.5 Å². The summed E-state index contributed by atoms with van der Waals surface area (Å²) in [5.41, 5.74) is 2.85. The van der Waals surface area contributed by atoms with Crippen molar-refractivity contribution in [3.05, 3.63) is 53.3 Å². The Morgan fingerprint density at radius 2 is 1.88 bits per heavy atom. The molecule has 4 nitrogen and oxygen atoms in total. The van der Waals surface area contributed by atoms with Crippen molar-refractivity contribution in [2.45, 2.75) is 33.6 Å². The summed E-state index contributed by atoms with van der Waals surface area (Å²) in [4.78, 5) is 24.5. The minimum Gasteiger partial charge on any atom is -0.478 e. The predicted molar refractivity (Wildman–Crippen MR) is 96.5 cm³/mol. The number of amides is 1. The number of carbonyl (C=O) groups excluding carboxylic acids is 1. The SMILES string of the molecule is CC.CCC(=O)N1CCc2cc(-c3ccc(C(=O)O)cc3F)ccc21. The molecule has 25 heavy (non-hydrogen) atoms. The van der Waals surface area contributed by atoms with Gasteiger partial charge in [0.25, 0.3) is 0 Å². The second kappa shape index (κ2) is 7.92. The largest absolute Gasteiger partial charge is 0.478 e. The third-order valence-corrected chi connectivity index (χ3v) is 4.11. The fourth-order valence-electron chi connectivity index (χ4n) is 2.90. The number of nitrogens with zero attached hydrogens (tertiary/aromatic N) is 1. The molecule has 1 N–H and O–H groups in total. The second-order valence-corrected chi connectivity index (χ2v) is 5.49. The van der Waals surface area contributed by atoms with Gasteiger partial charge in [-0.15, -0.1) is 0 Å². The Morgan fingerprint density at radius 1 is 1.16 bits per heavy atom. The zero-order valence-electron chi connectivity index (χ0n) is 14.7. The fraction of sp³-hybridized carbons (Fsp3) is 0.300. The standard InChI is InChI=1S/C18H16FNO3.C2H6/c1-2-17(21)20-8-7-12-9-11(4-6-16(12)20)14-5-3-13(18(22)23)10-15(14)19;1-2/h3-6,9-10H,2,7-8H2,1H3,(H,22,23);1-2H3. The fourth-order valence-corrected chi connectivity index (χ4v) is 2.90. The lowest BCUT2D eigenvalue weighted by Crippen LogP contribution is -2.27. The van der Waals surface area contributed by atoms with Gasteiger partial charge in [-0.25, -0.2) is 9.18 Å². The summed E-state index contributed by atoms with van der Waals surface area (Å²) < 4.78 is 14.2. The van der Waals surface area contributed by atoms with Crippen LogP contribution in [0.25, 0.3) is 11.1 Å². The Hall–Kier alpha value is -2.69. The first-order valence-corrected chi connectivity index (χ1v) is 8.47. The molecule has 1 aliphatic rings. The van der Waals surface area contributed by atoms with Gasteiger partial charge in [-0.05, 0) is 41.8 Å². The Bertz CT molecular complexity index is 802. The second-order valence-electron chi connectivity index (χ2n) is 5.49. The molecular weight excluding hydrogens is 321 g/mol. The van der Waals surface area contributed by atoms with Crippen LogP contribution < -0.4 is 4.90 Å². The molecule has 132 valence electrons. The maximum absolute atomic E-state index is 14.2. The number of hydrogen-bond acceptors (Lipinski definition) is 2. The van der Waals surface area contributed by atoms with Crippen LogP contribution in [0.15, 0.2) is 36.4 Å². The van der Waals surface area contributed by atoms with Gasteiger partial charge in [-0.3, -0.25) is 4.79 Å². The molecule has 0 aliphatic carbocycles. The third-order valence-electron chi connectivity index (χ3n) is 4.11. The molecule has 0 bridgehead atoms. The van der Waals surface area contributed by atoms with Crippen molar-refractivity contribution in [1.82, 2.24) is 0 Å². The molecule has 0 unspecified atom stereocenters. The summed E-state index contributed by atoms with van der Waals surface area (Å²) >= 11 is 0. The number of carboxylic acid groups (broad SMARTS) is 1. The van der Waals surface area contributed by atoms with Crippen LogP contribution in [0, 0.1) is 5.82 Å². The molecule has 0 saturated heterocycles. The Kier molecular flexibility index (Phi) is 5.91. The number of hydrogen-bond donors (Lipinski definition) is 1. The summed E-state index contributed by atoms with van der Waals surface area (Å²) in [6.07, 6.45) is 1.19. The number of anilines is 1. The van der Waals surface area contributed by atoms with Gasteiger partial charge in [0.2, 0.25) is 5.91 Å². The normalized spacial score (nSPS) is 12.2. The number of halogens is 1. The molecule has 1 aliphatic heterocycles. The van der Waals surface area contributed by atoms with Crippen molar-refractivity contribution in [3.8, 4) is 11.1 Å². The van der Waals surface area contributed by atoms with Crippen LogP contribution in [0.3, 0.4) is 0 Å². The molecule has 0 radical (unpaired) electrons. The zero-order valence-corrected chi connectivity index (χ0v) is 14.7. The number of rotatable bonds is 3. The van der Waals surface area contributed by atoms with Crippen molar-refractivity contribution in [3.63, 3.8) is 0 Å². The first-order valence-electron chi connectivity index (χ1n) is 8.47. The molecular formula is C20H22FNO3. The van der Waals surface area contributed by atoms with E-state index in [0.29, 0.717) is 24.1 Å². The summed E-state index contributed by atoms with van der Waals surface area (Å²) in [7, 11) is 0. The highest BCUT2D eigenvalue weighted by Gasteiger charge is 2.24. The first-order chi connectivity index (χ1) is 12.0. The molecule has 0 fully saturated rings. The van der Waals surface area contributed by atoms with Gasteiger partial charge < -0.3 is 10.0 Å². The van der Waals surface area contributed by atoms with Crippen molar-refractivity contribution in [2.24, 2.45) is 0 Å². The van der Waals surface area contributed by atoms with Crippen molar-refractivity contribution < 1.29 is 19.1 Å². The van der Waals surface area contributed by atoms with Crippen LogP contribution >= 0.6 is 0 Å². The molecule has 0 aromatic heterocycles. The minimum atomic E-state index is -1.15. The summed E-state index contributed by atoms with van der Waals surface area (Å²) in [5, 5.41) is 8.90. The number of fused-ring (bicyclic) bond motifs is 1. The van der Waals surface area contributed by atoms with E-state index in [1.54, 1.807) is 11.0 Å². The predicted octanol–water partition coefficient (Wildman–Crippen LogP) is 4.52. The van der Waals surface area contributed by atoms with Crippen LogP contribution in [-0.2, 0) is 11.2 Å². The van der Waals surface area contributed by atoms with Gasteiger partial charge in [-0.2, -0.15) is 0 Å². The lowest BCUT2D eigenvalue weighted by atomic mass is 10.00. The van der Waals surface area contributed by atoms with Gasteiger partial charge in [0.1, 0.15) is 5.82 Å². The number of carboxylic acids is 1. The van der Waals surface area contributed by atoms with Gasteiger partial charge in [0.05, 0.1) is 5.56 Å². The number of carbonyl (C=O) groups is 2. The minimum absolute atomic E-state index is 0.0767. The maximum atomic E-state index is 14.2. The highest BCUT2D eigenvalue weighted by Crippen LogP contribution is 2.33. The lowest BCUT2D eigenvalue weighted by molar-refractivity contribution is -0.118. The van der Waals surface area contributed by atoms with Crippen LogP contribution in [-0.4, -0.2) is 23.5 Å². The van der Waals surface area contributed by atoms with Gasteiger partial charge in [-0.1, -0.05) is 32.9 Å². The summed E-state index contributed by atoms with van der Waals surface area (Å²) in [5.74, 6) is -1.64. The average molecular weight is 343 g/mol. The summed E-state index contributed by atoms with van der Waals surface area (Å²) in [6, 6.07) is 9.36. The Balaban J connectivity index is 0.00000109. The van der Waals surface area contributed by atoms with Crippen molar-refractivity contribution in [2.75, 3.05) is 11.4 Å². The van der Waals surface area contributed by atoms with E-state index >= 15 is 0 Å². The van der Waals surface area contributed by atoms with Crippen molar-refractivity contribution in [1.29, 1.82) is 0 Å². The van der Waals surface area contributed by atoms with Gasteiger partial charge in [0.15, 0.2) is 0 Å². The number of benzene rings is 2. The molecule has 5 heteroatoms. The van der Waals surface area contributed by atoms with E-state index in [1.165, 1.54) is 12.1 Å². The van der Waals surface area contributed by atoms with Crippen LogP contribution in [0.4, 0.5) is 10.1 Å². The molecule has 1 heterocycles. The van der Waals surface area contributed by atoms with E-state index in [9.17, 15) is 14.0 Å². The quantitative estimate of drug-likeness (QED) is 0.891. The third kappa shape index (κ3) is 3.71. The first kappa shape index (κ1) is 18.6. The van der Waals surface area contributed by atoms with E-state index in [2.05, 4.69) is 0 Å². The highest BCUT2D eigenvalue weighted by molar-refractivity contribution is 5.95. The van der Waals surface area contributed by atoms with Crippen LogP contribution in [0.1, 0.15) is 43.1 Å². The molecule has 0 spiro atoms.